The molecule has 3 aromatic carbocycles. The zero-order valence-electron chi connectivity index (χ0n) is 17.5. The first kappa shape index (κ1) is 22.7. The van der Waals surface area contributed by atoms with Gasteiger partial charge in [-0.3, -0.25) is 9.10 Å². The molecule has 8 heteroatoms. The first-order valence-electron chi connectivity index (χ1n) is 9.62. The minimum absolute atomic E-state index is 0.213. The molecule has 3 rings (SSSR count). The zero-order valence-corrected chi connectivity index (χ0v) is 19.2. The molecule has 31 heavy (non-hydrogen) atoms. The van der Waals surface area contributed by atoms with Crippen molar-refractivity contribution in [2.45, 2.75) is 16.7 Å². The second-order valence-corrected chi connectivity index (χ2v) is 9.46. The highest BCUT2D eigenvalue weighted by Gasteiger charge is 2.21. The van der Waals surface area contributed by atoms with Crippen molar-refractivity contribution in [2.24, 2.45) is 0 Å². The third-order valence-electron chi connectivity index (χ3n) is 4.63. The van der Waals surface area contributed by atoms with Gasteiger partial charge in [0.2, 0.25) is 0 Å². The molecule has 0 saturated heterocycles. The van der Waals surface area contributed by atoms with Gasteiger partial charge >= 0.3 is 0 Å². The molecule has 0 aliphatic heterocycles. The number of sulfonamides is 1. The molecular weight excluding hydrogens is 432 g/mol. The number of carbonyl (C=O) groups excluding carboxylic acids is 1. The molecule has 0 heterocycles. The third-order valence-corrected chi connectivity index (χ3v) is 7.18. The van der Waals surface area contributed by atoms with Crippen LogP contribution in [0.4, 0.5) is 11.4 Å². The minimum Gasteiger partial charge on any atom is -0.494 e. The summed E-state index contributed by atoms with van der Waals surface area (Å²) < 4.78 is 32.4. The maximum absolute atomic E-state index is 12.9. The van der Waals surface area contributed by atoms with Crippen molar-refractivity contribution < 1.29 is 17.9 Å². The van der Waals surface area contributed by atoms with E-state index in [9.17, 15) is 13.2 Å². The van der Waals surface area contributed by atoms with E-state index in [0.29, 0.717) is 23.5 Å². The summed E-state index contributed by atoms with van der Waals surface area (Å²) in [6.07, 6.45) is 1.93. The number of carbonyl (C=O) groups is 1. The molecule has 0 spiro atoms. The predicted octanol–water partition coefficient (Wildman–Crippen LogP) is 4.88. The van der Waals surface area contributed by atoms with E-state index in [1.807, 2.05) is 13.2 Å². The smallest absolute Gasteiger partial charge is 0.264 e. The topological polar surface area (TPSA) is 75.7 Å². The first-order chi connectivity index (χ1) is 14.8. The van der Waals surface area contributed by atoms with E-state index >= 15 is 0 Å². The monoisotopic (exact) mass is 456 g/mol. The lowest BCUT2D eigenvalue weighted by Gasteiger charge is -2.20. The summed E-state index contributed by atoms with van der Waals surface area (Å²) in [7, 11) is -2.20. The molecule has 3 aromatic rings. The van der Waals surface area contributed by atoms with Gasteiger partial charge in [0.1, 0.15) is 5.75 Å². The Labute approximate surface area is 187 Å². The second-order valence-electron chi connectivity index (χ2n) is 6.61. The number of hydrogen-bond acceptors (Lipinski definition) is 5. The van der Waals surface area contributed by atoms with Crippen LogP contribution < -0.4 is 14.4 Å². The fraction of sp³-hybridized carbons (Fsp3) is 0.174. The van der Waals surface area contributed by atoms with E-state index < -0.39 is 10.0 Å². The fourth-order valence-electron chi connectivity index (χ4n) is 2.87. The lowest BCUT2D eigenvalue weighted by atomic mass is 10.2. The molecule has 162 valence electrons. The minimum atomic E-state index is -3.70. The third kappa shape index (κ3) is 5.39. The molecule has 0 aliphatic carbocycles. The summed E-state index contributed by atoms with van der Waals surface area (Å²) in [5.74, 6) is 0.450. The van der Waals surface area contributed by atoms with Crippen LogP contribution in [0, 0.1) is 0 Å². The van der Waals surface area contributed by atoms with Crippen LogP contribution in [0.1, 0.15) is 17.3 Å². The number of rotatable bonds is 8. The van der Waals surface area contributed by atoms with Gasteiger partial charge in [0.15, 0.2) is 0 Å². The van der Waals surface area contributed by atoms with Gasteiger partial charge in [-0.2, -0.15) is 0 Å². The van der Waals surface area contributed by atoms with Gasteiger partial charge < -0.3 is 10.1 Å². The number of thioether (sulfide) groups is 1. The first-order valence-corrected chi connectivity index (χ1v) is 12.3. The second kappa shape index (κ2) is 9.89. The standard InChI is InChI=1S/C23H24N2O4S2/c1-4-29-20-11-7-18(8-12-20)24-23(26)17-5-9-19(10-6-17)25(2)31(27,28)22-15-13-21(30-3)14-16-22/h5-16H,4H2,1-3H3,(H,24,26). The Hall–Kier alpha value is -2.97. The van der Waals surface area contributed by atoms with Crippen molar-refractivity contribution in [2.75, 3.05) is 29.5 Å². The van der Waals surface area contributed by atoms with Crippen LogP contribution in [0.5, 0.6) is 5.75 Å². The Morgan fingerprint density at radius 1 is 0.968 bits per heavy atom. The lowest BCUT2D eigenvalue weighted by molar-refractivity contribution is 0.102. The Morgan fingerprint density at radius 2 is 1.58 bits per heavy atom. The van der Waals surface area contributed by atoms with Gasteiger partial charge in [0.25, 0.3) is 15.9 Å². The summed E-state index contributed by atoms with van der Waals surface area (Å²) in [5, 5.41) is 2.81. The van der Waals surface area contributed by atoms with Crippen molar-refractivity contribution in [1.82, 2.24) is 0 Å². The molecule has 1 N–H and O–H groups in total. The number of anilines is 2. The molecule has 6 nitrogen and oxygen atoms in total. The van der Waals surface area contributed by atoms with Crippen LogP contribution in [0.2, 0.25) is 0 Å². The predicted molar refractivity (Wildman–Crippen MR) is 126 cm³/mol. The highest BCUT2D eigenvalue weighted by molar-refractivity contribution is 7.98. The molecule has 0 unspecified atom stereocenters. The van der Waals surface area contributed by atoms with E-state index in [1.165, 1.54) is 11.4 Å². The van der Waals surface area contributed by atoms with E-state index in [0.717, 1.165) is 10.6 Å². The summed E-state index contributed by atoms with van der Waals surface area (Å²) in [5.41, 5.74) is 1.53. The number of hydrogen-bond donors (Lipinski definition) is 1. The van der Waals surface area contributed by atoms with Gasteiger partial charge in [0, 0.05) is 23.2 Å². The van der Waals surface area contributed by atoms with Gasteiger partial charge in [-0.15, -0.1) is 11.8 Å². The molecular formula is C23H24N2O4S2. The van der Waals surface area contributed by atoms with Crippen LogP contribution in [0.15, 0.2) is 82.6 Å². The molecule has 1 amide bonds. The number of nitrogens with zero attached hydrogens (tertiary/aromatic N) is 1. The Kier molecular flexibility index (Phi) is 7.25. The van der Waals surface area contributed by atoms with Crippen molar-refractivity contribution in [1.29, 1.82) is 0 Å². The average Bonchev–Trinajstić information content (AvgIpc) is 2.80. The Balaban J connectivity index is 1.71. The lowest BCUT2D eigenvalue weighted by Crippen LogP contribution is -2.26. The normalized spacial score (nSPS) is 11.1. The molecule has 0 bridgehead atoms. The van der Waals surface area contributed by atoms with Crippen LogP contribution >= 0.6 is 11.8 Å². The van der Waals surface area contributed by atoms with Gasteiger partial charge in [0.05, 0.1) is 17.2 Å². The summed E-state index contributed by atoms with van der Waals surface area (Å²) >= 11 is 1.55. The highest BCUT2D eigenvalue weighted by Crippen LogP contribution is 2.25. The molecule has 0 atom stereocenters. The Bertz CT molecular complexity index is 1130. The van der Waals surface area contributed by atoms with Crippen molar-refractivity contribution in [3.8, 4) is 5.75 Å². The van der Waals surface area contributed by atoms with E-state index in [2.05, 4.69) is 5.32 Å². The largest absolute Gasteiger partial charge is 0.494 e. The highest BCUT2D eigenvalue weighted by atomic mass is 32.2. The molecule has 0 fully saturated rings. The molecule has 0 aliphatic rings. The van der Waals surface area contributed by atoms with Gasteiger partial charge in [-0.05, 0) is 86.0 Å². The summed E-state index contributed by atoms with van der Waals surface area (Å²) in [6, 6.07) is 20.3. The Morgan fingerprint density at radius 3 is 2.13 bits per heavy atom. The number of benzene rings is 3. The van der Waals surface area contributed by atoms with E-state index in [1.54, 1.807) is 84.6 Å². The SMILES string of the molecule is CCOc1ccc(NC(=O)c2ccc(N(C)S(=O)(=O)c3ccc(SC)cc3)cc2)cc1. The van der Waals surface area contributed by atoms with E-state index in [-0.39, 0.29) is 10.8 Å². The maximum Gasteiger partial charge on any atom is 0.264 e. The van der Waals surface area contributed by atoms with Crippen LogP contribution in [-0.2, 0) is 10.0 Å². The zero-order chi connectivity index (χ0) is 22.4. The fourth-order valence-corrected chi connectivity index (χ4v) is 4.48. The number of nitrogens with one attached hydrogen (secondary N) is 1. The summed E-state index contributed by atoms with van der Waals surface area (Å²) in [6.45, 7) is 2.48. The molecule has 0 saturated carbocycles. The van der Waals surface area contributed by atoms with Gasteiger partial charge in [-0.1, -0.05) is 0 Å². The number of ether oxygens (including phenoxy) is 1. The van der Waals surface area contributed by atoms with Crippen molar-refractivity contribution >= 4 is 39.1 Å². The summed E-state index contributed by atoms with van der Waals surface area (Å²) in [4.78, 5) is 13.7. The number of amides is 1. The maximum atomic E-state index is 12.9. The van der Waals surface area contributed by atoms with Crippen LogP contribution in [-0.4, -0.2) is 34.2 Å². The molecule has 0 radical (unpaired) electrons. The quantitative estimate of drug-likeness (QED) is 0.489. The average molecular weight is 457 g/mol. The van der Waals surface area contributed by atoms with Crippen LogP contribution in [0.3, 0.4) is 0 Å². The van der Waals surface area contributed by atoms with Crippen LogP contribution in [0.25, 0.3) is 0 Å². The van der Waals surface area contributed by atoms with Gasteiger partial charge in [-0.25, -0.2) is 8.42 Å². The van der Waals surface area contributed by atoms with E-state index in [4.69, 9.17) is 4.74 Å². The molecule has 0 aromatic heterocycles. The van der Waals surface area contributed by atoms with Crippen molar-refractivity contribution in [3.63, 3.8) is 0 Å². The van der Waals surface area contributed by atoms with Crippen molar-refractivity contribution in [3.05, 3.63) is 78.4 Å².